The van der Waals surface area contributed by atoms with Gasteiger partial charge in [-0.25, -0.2) is 0 Å². The lowest BCUT2D eigenvalue weighted by Crippen LogP contribution is -2.38. The summed E-state index contributed by atoms with van der Waals surface area (Å²) in [6.07, 6.45) is 1.21. The Morgan fingerprint density at radius 1 is 1.47 bits per heavy atom. The van der Waals surface area contributed by atoms with Crippen LogP contribution in [0.5, 0.6) is 0 Å². The van der Waals surface area contributed by atoms with E-state index in [1.54, 1.807) is 0 Å². The van der Waals surface area contributed by atoms with Crippen LogP contribution in [0.25, 0.3) is 0 Å². The van der Waals surface area contributed by atoms with Crippen molar-refractivity contribution in [1.82, 2.24) is 15.5 Å². The molecule has 0 aromatic carbocycles. The summed E-state index contributed by atoms with van der Waals surface area (Å²) in [5.74, 6) is 1.40. The number of likely N-dealkylation sites (tertiary alicyclic amines) is 1. The van der Waals surface area contributed by atoms with Gasteiger partial charge in [0.05, 0.1) is 6.54 Å². The van der Waals surface area contributed by atoms with E-state index in [-0.39, 0.29) is 18.3 Å². The molecular weight excluding hydrogens is 238 g/mol. The average molecular weight is 264 g/mol. The second kappa shape index (κ2) is 8.72. The molecule has 17 heavy (non-hydrogen) atoms. The van der Waals surface area contributed by atoms with Gasteiger partial charge in [-0.3, -0.25) is 9.69 Å². The summed E-state index contributed by atoms with van der Waals surface area (Å²) >= 11 is 0. The molecule has 0 spiro atoms. The molecule has 1 amide bonds. The highest BCUT2D eigenvalue weighted by atomic mass is 35.5. The predicted octanol–water partition coefficient (Wildman–Crippen LogP) is 0.722. The number of carbonyl (C=O) groups is 1. The Labute approximate surface area is 111 Å². The van der Waals surface area contributed by atoms with Gasteiger partial charge in [0, 0.05) is 13.1 Å². The first kappa shape index (κ1) is 16.7. The van der Waals surface area contributed by atoms with Crippen LogP contribution in [0, 0.1) is 11.8 Å². The fourth-order valence-corrected chi connectivity index (χ4v) is 2.09. The van der Waals surface area contributed by atoms with Crippen molar-refractivity contribution in [2.24, 2.45) is 11.8 Å². The molecule has 0 bridgehead atoms. The normalized spacial score (nSPS) is 20.4. The van der Waals surface area contributed by atoms with E-state index in [0.29, 0.717) is 18.4 Å². The molecular formula is C12H26ClN3O. The summed E-state index contributed by atoms with van der Waals surface area (Å²) in [6, 6.07) is 0. The van der Waals surface area contributed by atoms with Crippen molar-refractivity contribution in [3.05, 3.63) is 0 Å². The van der Waals surface area contributed by atoms with Gasteiger partial charge in [0.1, 0.15) is 0 Å². The molecule has 4 nitrogen and oxygen atoms in total. The van der Waals surface area contributed by atoms with Crippen LogP contribution < -0.4 is 10.6 Å². The molecule has 1 atom stereocenters. The quantitative estimate of drug-likeness (QED) is 0.742. The Kier molecular flexibility index (Phi) is 8.56. The highest BCUT2D eigenvalue weighted by Gasteiger charge is 2.23. The summed E-state index contributed by atoms with van der Waals surface area (Å²) < 4.78 is 0. The van der Waals surface area contributed by atoms with E-state index in [9.17, 15) is 4.79 Å². The first-order valence-electron chi connectivity index (χ1n) is 6.25. The second-order valence-corrected chi connectivity index (χ2v) is 5.15. The van der Waals surface area contributed by atoms with Gasteiger partial charge in [0.25, 0.3) is 0 Å². The summed E-state index contributed by atoms with van der Waals surface area (Å²) in [7, 11) is 1.98. The van der Waals surface area contributed by atoms with Gasteiger partial charge < -0.3 is 10.6 Å². The molecule has 0 aromatic rings. The van der Waals surface area contributed by atoms with E-state index in [0.717, 1.165) is 26.2 Å². The van der Waals surface area contributed by atoms with E-state index in [1.807, 2.05) is 7.05 Å². The first-order chi connectivity index (χ1) is 7.61. The number of carbonyl (C=O) groups excluding carboxylic acids is 1. The molecule has 1 unspecified atom stereocenters. The standard InChI is InChI=1S/C12H25N3O.ClH/c1-10(2)6-14-12(16)9-15-5-4-11(8-15)7-13-3;/h10-11,13H,4-9H2,1-3H3,(H,14,16);1H. The van der Waals surface area contributed by atoms with Gasteiger partial charge >= 0.3 is 0 Å². The van der Waals surface area contributed by atoms with Crippen molar-refractivity contribution in [1.29, 1.82) is 0 Å². The van der Waals surface area contributed by atoms with Crippen LogP contribution in [0.15, 0.2) is 0 Å². The minimum absolute atomic E-state index is 0. The zero-order valence-corrected chi connectivity index (χ0v) is 12.0. The Balaban J connectivity index is 0.00000256. The van der Waals surface area contributed by atoms with Crippen LogP contribution >= 0.6 is 12.4 Å². The Morgan fingerprint density at radius 3 is 2.76 bits per heavy atom. The first-order valence-corrected chi connectivity index (χ1v) is 6.25. The molecule has 1 aliphatic heterocycles. The lowest BCUT2D eigenvalue weighted by atomic mass is 10.1. The summed E-state index contributed by atoms with van der Waals surface area (Å²) in [6.45, 7) is 8.74. The highest BCUT2D eigenvalue weighted by Crippen LogP contribution is 2.14. The summed E-state index contributed by atoms with van der Waals surface area (Å²) in [4.78, 5) is 13.8. The van der Waals surface area contributed by atoms with E-state index in [4.69, 9.17) is 0 Å². The van der Waals surface area contributed by atoms with Crippen LogP contribution in [-0.2, 0) is 4.79 Å². The van der Waals surface area contributed by atoms with Gasteiger partial charge in [0.15, 0.2) is 0 Å². The monoisotopic (exact) mass is 263 g/mol. The molecule has 0 aromatic heterocycles. The van der Waals surface area contributed by atoms with Gasteiger partial charge in [-0.05, 0) is 38.4 Å². The number of amides is 1. The fourth-order valence-electron chi connectivity index (χ4n) is 2.09. The smallest absolute Gasteiger partial charge is 0.234 e. The molecule has 0 radical (unpaired) electrons. The van der Waals surface area contributed by atoms with Crippen molar-refractivity contribution in [2.45, 2.75) is 20.3 Å². The summed E-state index contributed by atoms with van der Waals surface area (Å²) in [5, 5.41) is 6.16. The minimum atomic E-state index is 0. The Hall–Kier alpha value is -0.320. The van der Waals surface area contributed by atoms with E-state index >= 15 is 0 Å². The van der Waals surface area contributed by atoms with Crippen LogP contribution in [0.3, 0.4) is 0 Å². The molecule has 1 aliphatic rings. The minimum Gasteiger partial charge on any atom is -0.355 e. The van der Waals surface area contributed by atoms with Crippen molar-refractivity contribution in [3.63, 3.8) is 0 Å². The Morgan fingerprint density at radius 2 is 2.18 bits per heavy atom. The largest absolute Gasteiger partial charge is 0.355 e. The van der Waals surface area contributed by atoms with Crippen molar-refractivity contribution < 1.29 is 4.79 Å². The fraction of sp³-hybridized carbons (Fsp3) is 0.917. The molecule has 2 N–H and O–H groups in total. The van der Waals surface area contributed by atoms with Gasteiger partial charge in [-0.1, -0.05) is 13.8 Å². The number of rotatable bonds is 6. The SMILES string of the molecule is CNCC1CCN(CC(=O)NCC(C)C)C1.Cl. The third-order valence-electron chi connectivity index (χ3n) is 2.94. The van der Waals surface area contributed by atoms with E-state index in [1.165, 1.54) is 6.42 Å². The average Bonchev–Trinajstić information content (AvgIpc) is 2.63. The van der Waals surface area contributed by atoms with E-state index < -0.39 is 0 Å². The Bertz CT molecular complexity index is 224. The number of nitrogens with zero attached hydrogens (tertiary/aromatic N) is 1. The predicted molar refractivity (Wildman–Crippen MR) is 73.6 cm³/mol. The van der Waals surface area contributed by atoms with Crippen molar-refractivity contribution in [2.75, 3.05) is 39.8 Å². The maximum atomic E-state index is 11.6. The number of halogens is 1. The third-order valence-corrected chi connectivity index (χ3v) is 2.94. The molecule has 1 rings (SSSR count). The van der Waals surface area contributed by atoms with Crippen LogP contribution in [-0.4, -0.2) is 50.6 Å². The maximum absolute atomic E-state index is 11.6. The van der Waals surface area contributed by atoms with Crippen LogP contribution in [0.4, 0.5) is 0 Å². The molecule has 1 fully saturated rings. The van der Waals surface area contributed by atoms with Crippen LogP contribution in [0.1, 0.15) is 20.3 Å². The zero-order chi connectivity index (χ0) is 12.0. The van der Waals surface area contributed by atoms with Crippen molar-refractivity contribution in [3.8, 4) is 0 Å². The lowest BCUT2D eigenvalue weighted by molar-refractivity contribution is -0.122. The van der Waals surface area contributed by atoms with E-state index in [2.05, 4.69) is 29.4 Å². The number of hydrogen-bond acceptors (Lipinski definition) is 3. The molecule has 5 heteroatoms. The topological polar surface area (TPSA) is 44.4 Å². The van der Waals surface area contributed by atoms with Crippen molar-refractivity contribution >= 4 is 18.3 Å². The zero-order valence-electron chi connectivity index (χ0n) is 11.2. The molecule has 0 aliphatic carbocycles. The molecule has 1 saturated heterocycles. The van der Waals surface area contributed by atoms with Gasteiger partial charge in [-0.15, -0.1) is 12.4 Å². The van der Waals surface area contributed by atoms with Gasteiger partial charge in [-0.2, -0.15) is 0 Å². The summed E-state index contributed by atoms with van der Waals surface area (Å²) in [5.41, 5.74) is 0. The second-order valence-electron chi connectivity index (χ2n) is 5.15. The van der Waals surface area contributed by atoms with Gasteiger partial charge in [0.2, 0.25) is 5.91 Å². The van der Waals surface area contributed by atoms with Crippen LogP contribution in [0.2, 0.25) is 0 Å². The molecule has 102 valence electrons. The molecule has 1 heterocycles. The third kappa shape index (κ3) is 6.86. The maximum Gasteiger partial charge on any atom is 0.234 e. The number of nitrogens with one attached hydrogen (secondary N) is 2. The highest BCUT2D eigenvalue weighted by molar-refractivity contribution is 5.85. The molecule has 0 saturated carbocycles. The number of hydrogen-bond donors (Lipinski definition) is 2. The lowest BCUT2D eigenvalue weighted by Gasteiger charge is -2.16.